The summed E-state index contributed by atoms with van der Waals surface area (Å²) >= 11 is 0. The number of amides is 1. The van der Waals surface area contributed by atoms with Crippen molar-refractivity contribution in [3.8, 4) is 0 Å². The SMILES string of the molecule is CCCCCCCCCCCC(=O)OC(C)C1C(=O)NCCCN=C1C. The summed E-state index contributed by atoms with van der Waals surface area (Å²) in [5, 5.41) is 2.89. The van der Waals surface area contributed by atoms with Gasteiger partial charge in [-0.1, -0.05) is 58.3 Å². The fraction of sp³-hybridized carbons (Fsp3) is 0.857. The molecule has 26 heavy (non-hydrogen) atoms. The summed E-state index contributed by atoms with van der Waals surface area (Å²) in [6.07, 6.45) is 11.8. The summed E-state index contributed by atoms with van der Waals surface area (Å²) in [5.41, 5.74) is 0.755. The number of nitrogens with zero attached hydrogens (tertiary/aromatic N) is 1. The minimum atomic E-state index is -0.470. The highest BCUT2D eigenvalue weighted by molar-refractivity contribution is 6.04. The van der Waals surface area contributed by atoms with Crippen molar-refractivity contribution in [2.75, 3.05) is 13.1 Å². The van der Waals surface area contributed by atoms with Gasteiger partial charge in [0.15, 0.2) is 0 Å². The van der Waals surface area contributed by atoms with Crippen LogP contribution in [0.4, 0.5) is 0 Å². The van der Waals surface area contributed by atoms with Gasteiger partial charge in [0.25, 0.3) is 0 Å². The second-order valence-electron chi connectivity index (χ2n) is 7.42. The van der Waals surface area contributed by atoms with E-state index in [2.05, 4.69) is 17.2 Å². The van der Waals surface area contributed by atoms with E-state index in [1.807, 2.05) is 6.92 Å². The summed E-state index contributed by atoms with van der Waals surface area (Å²) < 4.78 is 5.52. The number of carbonyl (C=O) groups is 2. The largest absolute Gasteiger partial charge is 0.461 e. The number of hydrogen-bond acceptors (Lipinski definition) is 4. The van der Waals surface area contributed by atoms with Crippen molar-refractivity contribution in [3.05, 3.63) is 0 Å². The van der Waals surface area contributed by atoms with Crippen molar-refractivity contribution in [3.63, 3.8) is 0 Å². The van der Waals surface area contributed by atoms with Gasteiger partial charge < -0.3 is 10.1 Å². The summed E-state index contributed by atoms with van der Waals surface area (Å²) in [4.78, 5) is 28.8. The molecular formula is C21H38N2O3. The zero-order valence-corrected chi connectivity index (χ0v) is 17.0. The van der Waals surface area contributed by atoms with Gasteiger partial charge in [0.1, 0.15) is 12.0 Å². The lowest BCUT2D eigenvalue weighted by molar-refractivity contribution is -0.151. The Morgan fingerprint density at radius 2 is 1.77 bits per heavy atom. The molecule has 0 aliphatic carbocycles. The Morgan fingerprint density at radius 1 is 1.15 bits per heavy atom. The Bertz CT molecular complexity index is 449. The molecule has 5 heteroatoms. The Kier molecular flexibility index (Phi) is 12.0. The first-order valence-corrected chi connectivity index (χ1v) is 10.5. The van der Waals surface area contributed by atoms with Crippen molar-refractivity contribution in [1.29, 1.82) is 0 Å². The van der Waals surface area contributed by atoms with Crippen molar-refractivity contribution < 1.29 is 14.3 Å². The van der Waals surface area contributed by atoms with Gasteiger partial charge in [0, 0.05) is 25.2 Å². The molecule has 0 aromatic carbocycles. The monoisotopic (exact) mass is 366 g/mol. The number of esters is 1. The van der Waals surface area contributed by atoms with Crippen LogP contribution in [0.3, 0.4) is 0 Å². The second-order valence-corrected chi connectivity index (χ2v) is 7.42. The van der Waals surface area contributed by atoms with Gasteiger partial charge in [0.2, 0.25) is 5.91 Å². The fourth-order valence-corrected chi connectivity index (χ4v) is 3.41. The van der Waals surface area contributed by atoms with Crippen LogP contribution < -0.4 is 5.32 Å². The molecule has 0 aromatic rings. The molecule has 1 aliphatic rings. The van der Waals surface area contributed by atoms with Gasteiger partial charge in [0.05, 0.1) is 0 Å². The molecule has 0 radical (unpaired) electrons. The predicted octanol–water partition coefficient (Wildman–Crippen LogP) is 4.44. The number of nitrogens with one attached hydrogen (secondary N) is 1. The minimum absolute atomic E-state index is 0.0886. The van der Waals surface area contributed by atoms with Crippen LogP contribution in [0, 0.1) is 5.92 Å². The Labute approximate surface area is 159 Å². The molecule has 0 saturated carbocycles. The second kappa shape index (κ2) is 13.8. The van der Waals surface area contributed by atoms with E-state index in [1.54, 1.807) is 6.92 Å². The van der Waals surface area contributed by atoms with Gasteiger partial charge in [-0.05, 0) is 26.7 Å². The van der Waals surface area contributed by atoms with E-state index in [-0.39, 0.29) is 11.9 Å². The Morgan fingerprint density at radius 3 is 2.42 bits per heavy atom. The third kappa shape index (κ3) is 9.35. The summed E-state index contributed by atoms with van der Waals surface area (Å²) in [6, 6.07) is 0. The van der Waals surface area contributed by atoms with E-state index in [9.17, 15) is 9.59 Å². The molecule has 2 atom stereocenters. The lowest BCUT2D eigenvalue weighted by atomic mass is 9.96. The molecule has 0 aromatic heterocycles. The third-order valence-corrected chi connectivity index (χ3v) is 5.00. The zero-order chi connectivity index (χ0) is 19.2. The molecule has 0 bridgehead atoms. The molecule has 1 rings (SSSR count). The maximum Gasteiger partial charge on any atom is 0.306 e. The molecule has 1 amide bonds. The van der Waals surface area contributed by atoms with E-state index < -0.39 is 12.0 Å². The fourth-order valence-electron chi connectivity index (χ4n) is 3.41. The van der Waals surface area contributed by atoms with Crippen LogP contribution in [-0.4, -0.2) is 36.8 Å². The van der Waals surface area contributed by atoms with Crippen LogP contribution in [0.25, 0.3) is 0 Å². The predicted molar refractivity (Wildman–Crippen MR) is 106 cm³/mol. The van der Waals surface area contributed by atoms with Crippen molar-refractivity contribution in [2.45, 2.75) is 97.5 Å². The van der Waals surface area contributed by atoms with Crippen molar-refractivity contribution in [1.82, 2.24) is 5.32 Å². The van der Waals surface area contributed by atoms with Crippen LogP contribution in [0.2, 0.25) is 0 Å². The van der Waals surface area contributed by atoms with Crippen LogP contribution >= 0.6 is 0 Å². The molecule has 150 valence electrons. The molecule has 1 N–H and O–H groups in total. The van der Waals surface area contributed by atoms with E-state index >= 15 is 0 Å². The maximum absolute atomic E-state index is 12.2. The number of aliphatic imine (C=N–C) groups is 1. The molecule has 2 unspecified atom stereocenters. The van der Waals surface area contributed by atoms with Crippen molar-refractivity contribution in [2.24, 2.45) is 10.9 Å². The Hall–Kier alpha value is -1.39. The molecule has 0 spiro atoms. The number of carbonyl (C=O) groups excluding carboxylic acids is 2. The van der Waals surface area contributed by atoms with Gasteiger partial charge in [-0.15, -0.1) is 0 Å². The topological polar surface area (TPSA) is 67.8 Å². The van der Waals surface area contributed by atoms with Gasteiger partial charge in [-0.25, -0.2) is 0 Å². The van der Waals surface area contributed by atoms with Crippen molar-refractivity contribution >= 4 is 17.6 Å². The van der Waals surface area contributed by atoms with Gasteiger partial charge in [-0.3, -0.25) is 14.6 Å². The van der Waals surface area contributed by atoms with E-state index in [0.717, 1.165) is 25.0 Å². The summed E-state index contributed by atoms with van der Waals surface area (Å²) in [7, 11) is 0. The standard InChI is InChI=1S/C21H38N2O3/c1-4-5-6-7-8-9-10-11-12-14-19(24)26-18(3)20-17(2)22-15-13-16-23-21(20)25/h18,20H,4-16H2,1-3H3,(H,23,25). The third-order valence-electron chi connectivity index (χ3n) is 5.00. The van der Waals surface area contributed by atoms with E-state index in [4.69, 9.17) is 4.74 Å². The zero-order valence-electron chi connectivity index (χ0n) is 17.0. The van der Waals surface area contributed by atoms with Crippen LogP contribution in [0.15, 0.2) is 4.99 Å². The first kappa shape index (κ1) is 22.7. The van der Waals surface area contributed by atoms with Gasteiger partial charge in [-0.2, -0.15) is 0 Å². The summed E-state index contributed by atoms with van der Waals surface area (Å²) in [6.45, 7) is 7.21. The molecule has 0 saturated heterocycles. The average molecular weight is 367 g/mol. The highest BCUT2D eigenvalue weighted by Crippen LogP contribution is 2.15. The molecule has 0 fully saturated rings. The van der Waals surface area contributed by atoms with E-state index in [0.29, 0.717) is 19.5 Å². The Balaban J connectivity index is 2.21. The maximum atomic E-state index is 12.2. The van der Waals surface area contributed by atoms with Crippen LogP contribution in [0.1, 0.15) is 91.4 Å². The quantitative estimate of drug-likeness (QED) is 0.410. The first-order chi connectivity index (χ1) is 12.6. The number of unbranched alkanes of at least 4 members (excludes halogenated alkanes) is 8. The van der Waals surface area contributed by atoms with Crippen LogP contribution in [0.5, 0.6) is 0 Å². The molecule has 5 nitrogen and oxygen atoms in total. The van der Waals surface area contributed by atoms with E-state index in [1.165, 1.54) is 44.9 Å². The number of ether oxygens (including phenoxy) is 1. The first-order valence-electron chi connectivity index (χ1n) is 10.5. The average Bonchev–Trinajstić information content (AvgIpc) is 2.58. The molecule has 1 heterocycles. The molecule has 1 aliphatic heterocycles. The van der Waals surface area contributed by atoms with Gasteiger partial charge >= 0.3 is 5.97 Å². The smallest absolute Gasteiger partial charge is 0.306 e. The minimum Gasteiger partial charge on any atom is -0.461 e. The normalized spacial score (nSPS) is 19.1. The molecular weight excluding hydrogens is 328 g/mol. The summed E-state index contributed by atoms with van der Waals surface area (Å²) in [5.74, 6) is -0.764. The lowest BCUT2D eigenvalue weighted by Gasteiger charge is -2.25. The highest BCUT2D eigenvalue weighted by atomic mass is 16.5. The number of rotatable bonds is 12. The van der Waals surface area contributed by atoms with Crippen LogP contribution in [-0.2, 0) is 14.3 Å². The number of hydrogen-bond donors (Lipinski definition) is 1. The highest BCUT2D eigenvalue weighted by Gasteiger charge is 2.31. The lowest BCUT2D eigenvalue weighted by Crippen LogP contribution is -2.43.